The van der Waals surface area contributed by atoms with E-state index in [-0.39, 0.29) is 41.6 Å². The number of phenols is 1. The van der Waals surface area contributed by atoms with Crippen LogP contribution in [0, 0.1) is 36.0 Å². The fraction of sp³-hybridized carbons (Fsp3) is 0.394. The third-order valence-corrected chi connectivity index (χ3v) is 10.00. The van der Waals surface area contributed by atoms with Gasteiger partial charge in [-0.2, -0.15) is 0 Å². The minimum absolute atomic E-state index is 0.0404. The van der Waals surface area contributed by atoms with Crippen molar-refractivity contribution in [3.05, 3.63) is 88.0 Å². The fourth-order valence-corrected chi connectivity index (χ4v) is 7.80. The van der Waals surface area contributed by atoms with Gasteiger partial charge in [0.05, 0.1) is 23.8 Å². The van der Waals surface area contributed by atoms with E-state index >= 15 is 0 Å². The highest BCUT2D eigenvalue weighted by Crippen LogP contribution is 2.63. The van der Waals surface area contributed by atoms with E-state index in [2.05, 4.69) is 6.08 Å². The average molecular weight is 524 g/mol. The first kappa shape index (κ1) is 25.5. The number of aromatic hydroxyl groups is 1. The van der Waals surface area contributed by atoms with E-state index in [0.29, 0.717) is 29.6 Å². The van der Waals surface area contributed by atoms with Crippen LogP contribution in [0.3, 0.4) is 0 Å². The number of likely N-dealkylation sites (tertiary alicyclic amines) is 1. The second-order valence-corrected chi connectivity index (χ2v) is 11.9. The van der Waals surface area contributed by atoms with Crippen molar-refractivity contribution < 1.29 is 24.3 Å². The van der Waals surface area contributed by atoms with Gasteiger partial charge in [0.1, 0.15) is 5.75 Å². The predicted octanol–water partition coefficient (Wildman–Crippen LogP) is 5.05. The van der Waals surface area contributed by atoms with Gasteiger partial charge >= 0.3 is 0 Å². The summed E-state index contributed by atoms with van der Waals surface area (Å²) in [5, 5.41) is 10.2. The lowest BCUT2D eigenvalue weighted by Crippen LogP contribution is -2.55. The van der Waals surface area contributed by atoms with Gasteiger partial charge in [0.2, 0.25) is 11.8 Å². The second kappa shape index (κ2) is 8.87. The topological polar surface area (TPSA) is 91.8 Å². The van der Waals surface area contributed by atoms with Crippen LogP contribution < -0.4 is 0 Å². The summed E-state index contributed by atoms with van der Waals surface area (Å²) in [5.41, 5.74) is 3.35. The Morgan fingerprint density at radius 2 is 1.64 bits per heavy atom. The number of nitrogens with zero attached hydrogens (tertiary/aromatic N) is 1. The van der Waals surface area contributed by atoms with Crippen LogP contribution in [0.2, 0.25) is 0 Å². The number of amides is 2. The van der Waals surface area contributed by atoms with Gasteiger partial charge in [-0.25, -0.2) is 0 Å². The largest absolute Gasteiger partial charge is 0.508 e. The summed E-state index contributed by atoms with van der Waals surface area (Å²) in [6, 6.07) is 14.8. The number of carbonyl (C=O) groups excluding carboxylic acids is 4. The lowest BCUT2D eigenvalue weighted by atomic mass is 9.46. The standard InChI is InChI=1S/C33H33NO5/c1-17-14-21(10-13-26(17)35)28-22-11-12-23-27(32(39)34(31(23)38)16-20-8-6-5-7-9-20)24(22)15-25-29(36)18(2)19(3)30(37)33(25,28)4/h5-11,13-14,23-25,27-28,35H,12,15-16H2,1-4H3/t23-,24+,25-,27-,28-,33+/m0/s1. The summed E-state index contributed by atoms with van der Waals surface area (Å²) in [6.45, 7) is 7.39. The Hall–Kier alpha value is -3.80. The van der Waals surface area contributed by atoms with Crippen molar-refractivity contribution in [1.29, 1.82) is 0 Å². The van der Waals surface area contributed by atoms with Crippen molar-refractivity contribution >= 4 is 23.4 Å². The molecular weight excluding hydrogens is 490 g/mol. The number of fused-ring (bicyclic) bond motifs is 4. The van der Waals surface area contributed by atoms with Crippen LogP contribution in [0.15, 0.2) is 71.3 Å². The Labute approximate surface area is 228 Å². The van der Waals surface area contributed by atoms with Crippen molar-refractivity contribution in [3.63, 3.8) is 0 Å². The van der Waals surface area contributed by atoms with Crippen LogP contribution in [-0.2, 0) is 25.7 Å². The zero-order chi connectivity index (χ0) is 27.8. The zero-order valence-electron chi connectivity index (χ0n) is 22.7. The van der Waals surface area contributed by atoms with Gasteiger partial charge in [-0.15, -0.1) is 0 Å². The number of hydrogen-bond acceptors (Lipinski definition) is 5. The number of aryl methyl sites for hydroxylation is 1. The normalized spacial score (nSPS) is 32.2. The number of hydrogen-bond donors (Lipinski definition) is 1. The molecule has 0 bridgehead atoms. The number of imide groups is 1. The predicted molar refractivity (Wildman–Crippen MR) is 145 cm³/mol. The zero-order valence-corrected chi connectivity index (χ0v) is 22.7. The molecule has 2 fully saturated rings. The van der Waals surface area contributed by atoms with Gasteiger partial charge in [-0.05, 0) is 73.4 Å². The number of allylic oxidation sites excluding steroid dienone is 4. The molecule has 1 N–H and O–H groups in total. The Kier molecular flexibility index (Phi) is 5.79. The number of rotatable bonds is 3. The molecule has 0 unspecified atom stereocenters. The van der Waals surface area contributed by atoms with Gasteiger partial charge in [-0.3, -0.25) is 24.1 Å². The molecule has 0 radical (unpaired) electrons. The lowest BCUT2D eigenvalue weighted by molar-refractivity contribution is -0.143. The highest BCUT2D eigenvalue weighted by atomic mass is 16.3. The molecule has 39 heavy (non-hydrogen) atoms. The molecule has 1 heterocycles. The van der Waals surface area contributed by atoms with Gasteiger partial charge in [-0.1, -0.05) is 61.0 Å². The van der Waals surface area contributed by atoms with Crippen molar-refractivity contribution in [2.75, 3.05) is 0 Å². The molecule has 6 atom stereocenters. The van der Waals surface area contributed by atoms with Crippen molar-refractivity contribution in [2.24, 2.45) is 29.1 Å². The summed E-state index contributed by atoms with van der Waals surface area (Å²) in [4.78, 5) is 56.7. The number of ketones is 2. The molecule has 6 heteroatoms. The van der Waals surface area contributed by atoms with E-state index in [4.69, 9.17) is 0 Å². The lowest BCUT2D eigenvalue weighted by Gasteiger charge is -2.54. The van der Waals surface area contributed by atoms with E-state index in [1.807, 2.05) is 56.3 Å². The average Bonchev–Trinajstić information content (AvgIpc) is 3.17. The van der Waals surface area contributed by atoms with Crippen LogP contribution in [0.1, 0.15) is 56.2 Å². The van der Waals surface area contributed by atoms with E-state index in [1.165, 1.54) is 4.90 Å². The third kappa shape index (κ3) is 3.53. The minimum Gasteiger partial charge on any atom is -0.508 e. The first-order valence-electron chi connectivity index (χ1n) is 13.7. The smallest absolute Gasteiger partial charge is 0.234 e. The van der Waals surface area contributed by atoms with Gasteiger partial charge < -0.3 is 5.11 Å². The molecule has 6 rings (SSSR count). The maximum Gasteiger partial charge on any atom is 0.234 e. The highest BCUT2D eigenvalue weighted by molar-refractivity contribution is 6.16. The van der Waals surface area contributed by atoms with Crippen LogP contribution in [-0.4, -0.2) is 33.4 Å². The van der Waals surface area contributed by atoms with Gasteiger partial charge in [0.15, 0.2) is 11.6 Å². The Bertz CT molecular complexity index is 1500. The van der Waals surface area contributed by atoms with E-state index in [9.17, 15) is 24.3 Å². The van der Waals surface area contributed by atoms with E-state index in [0.717, 1.165) is 16.7 Å². The summed E-state index contributed by atoms with van der Waals surface area (Å²) in [6.07, 6.45) is 2.86. The summed E-state index contributed by atoms with van der Waals surface area (Å²) in [7, 11) is 0. The fourth-order valence-electron chi connectivity index (χ4n) is 7.80. The van der Waals surface area contributed by atoms with E-state index < -0.39 is 29.1 Å². The second-order valence-electron chi connectivity index (χ2n) is 11.9. The molecule has 3 aliphatic carbocycles. The summed E-state index contributed by atoms with van der Waals surface area (Å²) >= 11 is 0. The Morgan fingerprint density at radius 3 is 2.33 bits per heavy atom. The van der Waals surface area contributed by atoms with E-state index in [1.54, 1.807) is 19.9 Å². The molecule has 4 aliphatic rings. The van der Waals surface area contributed by atoms with Crippen LogP contribution in [0.4, 0.5) is 0 Å². The molecule has 1 saturated carbocycles. The molecule has 0 spiro atoms. The van der Waals surface area contributed by atoms with Gasteiger partial charge in [0, 0.05) is 11.8 Å². The Balaban J connectivity index is 1.48. The molecule has 6 nitrogen and oxygen atoms in total. The molecule has 1 saturated heterocycles. The molecule has 0 aromatic heterocycles. The monoisotopic (exact) mass is 523 g/mol. The molecule has 2 aromatic rings. The maximum atomic E-state index is 14.0. The number of carbonyl (C=O) groups is 4. The van der Waals surface area contributed by atoms with Crippen LogP contribution in [0.25, 0.3) is 0 Å². The molecule has 1 aliphatic heterocycles. The SMILES string of the molecule is CC1=C(C)C(=O)[C@@]2(C)[C@@H](c3ccc(O)c(C)c3)C3=CC[C@@H]4C(=O)N(Cc5ccccc5)C(=O)[C@@H]4[C@@H]3C[C@H]2C1=O. The van der Waals surface area contributed by atoms with Crippen LogP contribution >= 0.6 is 0 Å². The van der Waals surface area contributed by atoms with Crippen molar-refractivity contribution in [1.82, 2.24) is 4.90 Å². The number of phenolic OH excluding ortho intramolecular Hbond substituents is 1. The number of Topliss-reactive ketones (excluding diaryl/α,β-unsaturated/α-hetero) is 2. The molecule has 200 valence electrons. The van der Waals surface area contributed by atoms with Crippen molar-refractivity contribution in [3.8, 4) is 5.75 Å². The molecular formula is C33H33NO5. The summed E-state index contributed by atoms with van der Waals surface area (Å²) in [5.74, 6) is -2.64. The number of benzene rings is 2. The van der Waals surface area contributed by atoms with Crippen molar-refractivity contribution in [2.45, 2.75) is 53.0 Å². The van der Waals surface area contributed by atoms with Crippen LogP contribution in [0.5, 0.6) is 5.75 Å². The quantitative estimate of drug-likeness (QED) is 0.449. The minimum atomic E-state index is -1.02. The first-order valence-corrected chi connectivity index (χ1v) is 13.7. The van der Waals surface area contributed by atoms with Gasteiger partial charge in [0.25, 0.3) is 0 Å². The third-order valence-electron chi connectivity index (χ3n) is 10.00. The maximum absolute atomic E-state index is 14.0. The summed E-state index contributed by atoms with van der Waals surface area (Å²) < 4.78 is 0. The highest BCUT2D eigenvalue weighted by Gasteiger charge is 2.63. The molecule has 2 amide bonds. The first-order chi connectivity index (χ1) is 18.6. The molecule has 2 aromatic carbocycles. The Morgan fingerprint density at radius 1 is 0.923 bits per heavy atom.